The summed E-state index contributed by atoms with van der Waals surface area (Å²) in [5.74, 6) is -0.400. The molecule has 5 heteroatoms. The molecule has 1 heterocycles. The first-order valence-electron chi connectivity index (χ1n) is 4.60. The fourth-order valence-electron chi connectivity index (χ4n) is 1.25. The van der Waals surface area contributed by atoms with Crippen LogP contribution in [0.15, 0.2) is 24.1 Å². The van der Waals surface area contributed by atoms with Gasteiger partial charge >= 0.3 is 0 Å². The van der Waals surface area contributed by atoms with Crippen LogP contribution in [0.3, 0.4) is 0 Å². The van der Waals surface area contributed by atoms with Crippen molar-refractivity contribution < 1.29 is 14.3 Å². The molecule has 5 nitrogen and oxygen atoms in total. The highest BCUT2D eigenvalue weighted by Gasteiger charge is 2.15. The van der Waals surface area contributed by atoms with Crippen molar-refractivity contribution in [3.63, 3.8) is 0 Å². The van der Waals surface area contributed by atoms with E-state index in [2.05, 4.69) is 5.32 Å². The number of rotatable bonds is 4. The van der Waals surface area contributed by atoms with Crippen molar-refractivity contribution in [1.29, 1.82) is 0 Å². The summed E-state index contributed by atoms with van der Waals surface area (Å²) in [7, 11) is 1.81. The van der Waals surface area contributed by atoms with Crippen LogP contribution in [0.4, 0.5) is 0 Å². The lowest BCUT2D eigenvalue weighted by molar-refractivity contribution is -0.122. The molecule has 1 atom stereocenters. The van der Waals surface area contributed by atoms with Gasteiger partial charge in [-0.3, -0.25) is 14.9 Å². The number of carbonyl (C=O) groups excluding carboxylic acids is 2. The van der Waals surface area contributed by atoms with Crippen LogP contribution < -0.4 is 5.32 Å². The van der Waals surface area contributed by atoms with Crippen molar-refractivity contribution >= 4 is 12.3 Å². The molecule has 0 fully saturated rings. The van der Waals surface area contributed by atoms with Crippen molar-refractivity contribution in [2.24, 2.45) is 0 Å². The summed E-state index contributed by atoms with van der Waals surface area (Å²) in [4.78, 5) is 23.0. The largest absolute Gasteiger partial charge is 0.478 e. The maximum Gasteiger partial charge on any atom is 0.254 e. The molecule has 0 aliphatic carbocycles. The Kier molecular flexibility index (Phi) is 3.91. The van der Waals surface area contributed by atoms with E-state index in [1.54, 1.807) is 24.3 Å². The summed E-state index contributed by atoms with van der Waals surface area (Å²) in [5, 5.41) is 2.07. The fraction of sp³-hybridized carbons (Fsp3) is 0.400. The SMILES string of the molecule is C/C(=C/N(C)C1CC=CO1)C(=O)NC=O. The van der Waals surface area contributed by atoms with Gasteiger partial charge in [0.05, 0.1) is 6.26 Å². The second-order valence-electron chi connectivity index (χ2n) is 3.27. The van der Waals surface area contributed by atoms with Gasteiger partial charge in [-0.1, -0.05) is 0 Å². The van der Waals surface area contributed by atoms with Crippen LogP contribution >= 0.6 is 0 Å². The van der Waals surface area contributed by atoms with E-state index in [-0.39, 0.29) is 6.23 Å². The summed E-state index contributed by atoms with van der Waals surface area (Å²) in [6.07, 6.45) is 6.29. The van der Waals surface area contributed by atoms with Crippen LogP contribution in [-0.2, 0) is 14.3 Å². The van der Waals surface area contributed by atoms with Crippen molar-refractivity contribution in [2.75, 3.05) is 7.05 Å². The average Bonchev–Trinajstić information content (AvgIpc) is 2.70. The summed E-state index contributed by atoms with van der Waals surface area (Å²) in [6.45, 7) is 1.64. The highest BCUT2D eigenvalue weighted by Crippen LogP contribution is 2.13. The van der Waals surface area contributed by atoms with Crippen LogP contribution in [-0.4, -0.2) is 30.5 Å². The Balaban J connectivity index is 2.53. The van der Waals surface area contributed by atoms with E-state index in [1.807, 2.05) is 13.1 Å². The number of hydrogen-bond acceptors (Lipinski definition) is 4. The maximum absolute atomic E-state index is 11.2. The monoisotopic (exact) mass is 210 g/mol. The maximum atomic E-state index is 11.2. The number of hydrogen-bond donors (Lipinski definition) is 1. The van der Waals surface area contributed by atoms with E-state index in [1.165, 1.54) is 0 Å². The molecule has 82 valence electrons. The lowest BCUT2D eigenvalue weighted by Gasteiger charge is -2.22. The predicted molar refractivity (Wildman–Crippen MR) is 54.4 cm³/mol. The van der Waals surface area contributed by atoms with Crippen molar-refractivity contribution in [3.05, 3.63) is 24.1 Å². The third-order valence-electron chi connectivity index (χ3n) is 2.07. The molecule has 0 radical (unpaired) electrons. The lowest BCUT2D eigenvalue weighted by Crippen LogP contribution is -2.28. The van der Waals surface area contributed by atoms with Gasteiger partial charge in [-0.2, -0.15) is 0 Å². The first-order chi connectivity index (χ1) is 7.15. The first kappa shape index (κ1) is 11.3. The highest BCUT2D eigenvalue weighted by molar-refractivity contribution is 5.98. The minimum atomic E-state index is -0.400. The van der Waals surface area contributed by atoms with Gasteiger partial charge in [0, 0.05) is 25.2 Å². The number of nitrogens with one attached hydrogen (secondary N) is 1. The molecule has 1 N–H and O–H groups in total. The number of imide groups is 1. The van der Waals surface area contributed by atoms with Crippen molar-refractivity contribution in [1.82, 2.24) is 10.2 Å². The number of amides is 2. The minimum Gasteiger partial charge on any atom is -0.478 e. The second kappa shape index (κ2) is 5.19. The van der Waals surface area contributed by atoms with Gasteiger partial charge in [0.15, 0.2) is 6.23 Å². The molecular formula is C10H14N2O3. The summed E-state index contributed by atoms with van der Waals surface area (Å²) in [5.41, 5.74) is 0.458. The lowest BCUT2D eigenvalue weighted by atomic mass is 10.3. The predicted octanol–water partition coefficient (Wildman–Crippen LogP) is 0.355. The molecular weight excluding hydrogens is 196 g/mol. The molecule has 0 saturated heterocycles. The summed E-state index contributed by atoms with van der Waals surface area (Å²) < 4.78 is 5.25. The third-order valence-corrected chi connectivity index (χ3v) is 2.07. The molecule has 1 unspecified atom stereocenters. The van der Waals surface area contributed by atoms with E-state index >= 15 is 0 Å². The van der Waals surface area contributed by atoms with Crippen LogP contribution in [0.2, 0.25) is 0 Å². The zero-order valence-corrected chi connectivity index (χ0v) is 8.77. The quantitative estimate of drug-likeness (QED) is 0.537. The second-order valence-corrected chi connectivity index (χ2v) is 3.27. The van der Waals surface area contributed by atoms with Gasteiger partial charge in [0.1, 0.15) is 0 Å². The molecule has 0 aromatic rings. The van der Waals surface area contributed by atoms with Gasteiger partial charge in [0.2, 0.25) is 6.41 Å². The van der Waals surface area contributed by atoms with Crippen LogP contribution in [0.25, 0.3) is 0 Å². The normalized spacial score (nSPS) is 19.6. The molecule has 0 aromatic heterocycles. The van der Waals surface area contributed by atoms with Crippen LogP contribution in [0, 0.1) is 0 Å². The van der Waals surface area contributed by atoms with Gasteiger partial charge in [-0.05, 0) is 13.0 Å². The Hall–Kier alpha value is -1.78. The van der Waals surface area contributed by atoms with Gasteiger partial charge in [-0.25, -0.2) is 0 Å². The molecule has 1 aliphatic rings. The fourth-order valence-corrected chi connectivity index (χ4v) is 1.25. The van der Waals surface area contributed by atoms with Gasteiger partial charge in [0.25, 0.3) is 5.91 Å². The molecule has 15 heavy (non-hydrogen) atoms. The topological polar surface area (TPSA) is 58.6 Å². The van der Waals surface area contributed by atoms with E-state index in [4.69, 9.17) is 4.74 Å². The van der Waals surface area contributed by atoms with Gasteiger partial charge < -0.3 is 9.64 Å². The standard InChI is InChI=1S/C10H14N2O3/c1-8(10(14)11-7-13)6-12(2)9-4-3-5-15-9/h3,5-7,9H,4H2,1-2H3,(H,11,13,14)/b8-6-. The van der Waals surface area contributed by atoms with E-state index in [0.29, 0.717) is 12.0 Å². The van der Waals surface area contributed by atoms with E-state index < -0.39 is 5.91 Å². The molecule has 1 aliphatic heterocycles. The van der Waals surface area contributed by atoms with Crippen molar-refractivity contribution in [3.8, 4) is 0 Å². The first-order valence-corrected chi connectivity index (χ1v) is 4.60. The van der Waals surface area contributed by atoms with E-state index in [9.17, 15) is 9.59 Å². The Bertz CT molecular complexity index is 302. The Morgan fingerprint density at radius 1 is 1.67 bits per heavy atom. The van der Waals surface area contributed by atoms with Crippen molar-refractivity contribution in [2.45, 2.75) is 19.6 Å². The van der Waals surface area contributed by atoms with Crippen LogP contribution in [0.1, 0.15) is 13.3 Å². The van der Waals surface area contributed by atoms with Gasteiger partial charge in [-0.15, -0.1) is 0 Å². The number of carbonyl (C=O) groups is 2. The Labute approximate surface area is 88.4 Å². The summed E-state index contributed by atoms with van der Waals surface area (Å²) >= 11 is 0. The molecule has 0 saturated carbocycles. The molecule has 2 amide bonds. The zero-order valence-electron chi connectivity index (χ0n) is 8.77. The van der Waals surface area contributed by atoms with E-state index in [0.717, 1.165) is 6.42 Å². The molecule has 0 aromatic carbocycles. The summed E-state index contributed by atoms with van der Waals surface area (Å²) in [6, 6.07) is 0. The average molecular weight is 210 g/mol. The van der Waals surface area contributed by atoms with Crippen LogP contribution in [0.5, 0.6) is 0 Å². The molecule has 1 rings (SSSR count). The third kappa shape index (κ3) is 3.12. The minimum absolute atomic E-state index is 0.0658. The molecule has 0 bridgehead atoms. The zero-order chi connectivity index (χ0) is 11.3. The highest BCUT2D eigenvalue weighted by atomic mass is 16.5. The number of nitrogens with zero attached hydrogens (tertiary/aromatic N) is 1. The number of ether oxygens (including phenoxy) is 1. The Morgan fingerprint density at radius 3 is 2.93 bits per heavy atom. The smallest absolute Gasteiger partial charge is 0.254 e. The Morgan fingerprint density at radius 2 is 2.40 bits per heavy atom. The molecule has 0 spiro atoms.